The number of ether oxygens (including phenoxy) is 1. The van der Waals surface area contributed by atoms with E-state index in [1.54, 1.807) is 17.7 Å². The summed E-state index contributed by atoms with van der Waals surface area (Å²) in [7, 11) is 1.62. The summed E-state index contributed by atoms with van der Waals surface area (Å²) < 4.78 is 8.53. The van der Waals surface area contributed by atoms with Crippen molar-refractivity contribution < 1.29 is 9.53 Å². The minimum atomic E-state index is -0.633. The van der Waals surface area contributed by atoms with Gasteiger partial charge in [0.15, 0.2) is 5.16 Å². The molecule has 0 bridgehead atoms. The van der Waals surface area contributed by atoms with E-state index in [1.807, 2.05) is 52.9 Å². The highest BCUT2D eigenvalue weighted by Gasteiger charge is 2.24. The summed E-state index contributed by atoms with van der Waals surface area (Å²) >= 11 is 1.22. The molecule has 2 heterocycles. The van der Waals surface area contributed by atoms with Crippen molar-refractivity contribution in [2.75, 3.05) is 13.7 Å². The molecular formula is C21H21N5O3S. The first-order chi connectivity index (χ1) is 14.6. The minimum Gasteiger partial charge on any atom is -0.385 e. The number of carbonyl (C=O) groups excluding carboxylic acids is 1. The van der Waals surface area contributed by atoms with Crippen molar-refractivity contribution in [3.63, 3.8) is 0 Å². The maximum absolute atomic E-state index is 13.1. The van der Waals surface area contributed by atoms with E-state index < -0.39 is 11.2 Å². The van der Waals surface area contributed by atoms with Crippen molar-refractivity contribution in [3.05, 3.63) is 70.5 Å². The average molecular weight is 423 g/mol. The zero-order valence-electron chi connectivity index (χ0n) is 16.4. The molecule has 0 saturated heterocycles. The second kappa shape index (κ2) is 8.68. The predicted molar refractivity (Wildman–Crippen MR) is 115 cm³/mol. The highest BCUT2D eigenvalue weighted by molar-refractivity contribution is 8.00. The molecular weight excluding hydrogens is 402 g/mol. The number of nitrogens with zero attached hydrogens (tertiary/aromatic N) is 4. The van der Waals surface area contributed by atoms with Gasteiger partial charge in [0.2, 0.25) is 11.7 Å². The van der Waals surface area contributed by atoms with Crippen LogP contribution in [0.25, 0.3) is 16.7 Å². The van der Waals surface area contributed by atoms with Crippen LogP contribution < -0.4 is 11.3 Å². The largest absolute Gasteiger partial charge is 0.385 e. The molecule has 0 spiro atoms. The average Bonchev–Trinajstić information content (AvgIpc) is 3.18. The maximum Gasteiger partial charge on any atom is 0.262 e. The van der Waals surface area contributed by atoms with Gasteiger partial charge < -0.3 is 10.5 Å². The van der Waals surface area contributed by atoms with Crippen molar-refractivity contribution in [2.24, 2.45) is 5.73 Å². The molecule has 9 heteroatoms. The fourth-order valence-electron chi connectivity index (χ4n) is 3.40. The van der Waals surface area contributed by atoms with E-state index in [2.05, 4.69) is 10.2 Å². The maximum atomic E-state index is 13.1. The Kier molecular flexibility index (Phi) is 5.82. The molecule has 0 fully saturated rings. The lowest BCUT2D eigenvalue weighted by atomic mass is 10.1. The highest BCUT2D eigenvalue weighted by Crippen LogP contribution is 2.35. The first-order valence-corrected chi connectivity index (χ1v) is 10.4. The number of aryl methyl sites for hydroxylation is 1. The lowest BCUT2D eigenvalue weighted by Gasteiger charge is -2.14. The van der Waals surface area contributed by atoms with Crippen LogP contribution in [-0.2, 0) is 16.1 Å². The Balaban J connectivity index is 1.87. The molecule has 0 saturated carbocycles. The number of benzene rings is 2. The Hall–Kier alpha value is -3.17. The van der Waals surface area contributed by atoms with Gasteiger partial charge in [-0.25, -0.2) is 0 Å². The van der Waals surface area contributed by atoms with Crippen molar-refractivity contribution in [1.29, 1.82) is 0 Å². The molecule has 30 heavy (non-hydrogen) atoms. The van der Waals surface area contributed by atoms with E-state index in [1.165, 1.54) is 11.8 Å². The van der Waals surface area contributed by atoms with E-state index in [0.29, 0.717) is 41.4 Å². The van der Waals surface area contributed by atoms with Crippen LogP contribution in [0.1, 0.15) is 17.2 Å². The number of fused-ring (bicyclic) bond motifs is 3. The van der Waals surface area contributed by atoms with E-state index in [4.69, 9.17) is 10.5 Å². The molecule has 4 rings (SSSR count). The molecule has 4 aromatic rings. The van der Waals surface area contributed by atoms with Gasteiger partial charge in [0.25, 0.3) is 5.56 Å². The number of methoxy groups -OCH3 is 1. The van der Waals surface area contributed by atoms with Crippen molar-refractivity contribution >= 4 is 34.3 Å². The second-order valence-electron chi connectivity index (χ2n) is 6.75. The van der Waals surface area contributed by atoms with E-state index in [9.17, 15) is 9.59 Å². The zero-order valence-corrected chi connectivity index (χ0v) is 17.2. The Labute approximate surface area is 176 Å². The van der Waals surface area contributed by atoms with Crippen LogP contribution in [0, 0.1) is 0 Å². The van der Waals surface area contributed by atoms with Crippen LogP contribution in [0.15, 0.2) is 64.5 Å². The van der Waals surface area contributed by atoms with Gasteiger partial charge in [-0.05, 0) is 24.1 Å². The Morgan fingerprint density at radius 1 is 1.13 bits per heavy atom. The third kappa shape index (κ3) is 3.69. The number of nitrogens with two attached hydrogens (primary N) is 1. The smallest absolute Gasteiger partial charge is 0.262 e. The lowest BCUT2D eigenvalue weighted by Crippen LogP contribution is -2.24. The summed E-state index contributed by atoms with van der Waals surface area (Å²) in [5.74, 6) is -0.0470. The molecule has 154 valence electrons. The minimum absolute atomic E-state index is 0.132. The number of carbonyl (C=O) groups is 1. The summed E-state index contributed by atoms with van der Waals surface area (Å²) in [5.41, 5.74) is 7.03. The number of hydrogen-bond acceptors (Lipinski definition) is 6. The molecule has 0 aliphatic heterocycles. The molecule has 1 atom stereocenters. The van der Waals surface area contributed by atoms with Gasteiger partial charge in [-0.1, -0.05) is 54.2 Å². The number of rotatable bonds is 8. The SMILES string of the molecule is COCCCn1c(=O)c2ccccc2n2c(SC(C(N)=O)c3ccccc3)nnc12. The van der Waals surface area contributed by atoms with Gasteiger partial charge in [0.05, 0.1) is 10.9 Å². The van der Waals surface area contributed by atoms with Crippen LogP contribution >= 0.6 is 11.8 Å². The summed E-state index contributed by atoms with van der Waals surface area (Å²) in [6.07, 6.45) is 0.660. The van der Waals surface area contributed by atoms with E-state index >= 15 is 0 Å². The Morgan fingerprint density at radius 2 is 1.87 bits per heavy atom. The molecule has 1 amide bonds. The predicted octanol–water partition coefficient (Wildman–Crippen LogP) is 2.40. The van der Waals surface area contributed by atoms with Crippen LogP contribution in [0.2, 0.25) is 0 Å². The van der Waals surface area contributed by atoms with Gasteiger partial charge >= 0.3 is 0 Å². The van der Waals surface area contributed by atoms with Crippen molar-refractivity contribution in [3.8, 4) is 0 Å². The van der Waals surface area contributed by atoms with Gasteiger partial charge in [-0.2, -0.15) is 0 Å². The summed E-state index contributed by atoms with van der Waals surface area (Å²) in [5, 5.41) is 8.99. The molecule has 0 aliphatic rings. The number of aromatic nitrogens is 4. The number of amides is 1. The van der Waals surface area contributed by atoms with Crippen molar-refractivity contribution in [1.82, 2.24) is 19.2 Å². The quantitative estimate of drug-likeness (QED) is 0.345. The molecule has 2 aromatic heterocycles. The standard InChI is InChI=1S/C21H21N5O3S/c1-29-13-7-12-25-19(28)15-10-5-6-11-16(15)26-20(25)23-24-21(26)30-17(18(22)27)14-8-3-2-4-9-14/h2-6,8-11,17H,7,12-13H2,1H3,(H2,22,27). The molecule has 8 nitrogen and oxygen atoms in total. The second-order valence-corrected chi connectivity index (χ2v) is 7.82. The normalized spacial score (nSPS) is 12.4. The van der Waals surface area contributed by atoms with Crippen LogP contribution in [0.3, 0.4) is 0 Å². The number of thioether (sulfide) groups is 1. The summed E-state index contributed by atoms with van der Waals surface area (Å²) in [4.78, 5) is 25.3. The van der Waals surface area contributed by atoms with Crippen LogP contribution in [0.5, 0.6) is 0 Å². The van der Waals surface area contributed by atoms with Crippen LogP contribution in [0.4, 0.5) is 0 Å². The zero-order chi connectivity index (χ0) is 21.1. The number of hydrogen-bond donors (Lipinski definition) is 1. The van der Waals surface area contributed by atoms with Crippen molar-refractivity contribution in [2.45, 2.75) is 23.4 Å². The highest BCUT2D eigenvalue weighted by atomic mass is 32.2. The van der Waals surface area contributed by atoms with Gasteiger partial charge in [-0.15, -0.1) is 10.2 Å². The molecule has 2 N–H and O–H groups in total. The monoisotopic (exact) mass is 423 g/mol. The summed E-state index contributed by atoms with van der Waals surface area (Å²) in [6, 6.07) is 16.6. The van der Waals surface area contributed by atoms with E-state index in [-0.39, 0.29) is 5.56 Å². The van der Waals surface area contributed by atoms with E-state index in [0.717, 1.165) is 5.56 Å². The third-order valence-electron chi connectivity index (χ3n) is 4.79. The first-order valence-electron chi connectivity index (χ1n) is 9.48. The van der Waals surface area contributed by atoms with Gasteiger partial charge in [0.1, 0.15) is 5.25 Å². The molecule has 2 aromatic carbocycles. The number of primary amides is 1. The van der Waals surface area contributed by atoms with Gasteiger partial charge in [0, 0.05) is 20.3 Å². The summed E-state index contributed by atoms with van der Waals surface area (Å²) in [6.45, 7) is 0.973. The molecule has 0 aliphatic carbocycles. The van der Waals surface area contributed by atoms with Gasteiger partial charge in [-0.3, -0.25) is 18.6 Å². The fraction of sp³-hybridized carbons (Fsp3) is 0.238. The third-order valence-corrected chi connectivity index (χ3v) is 6.01. The molecule has 1 unspecified atom stereocenters. The molecule has 0 radical (unpaired) electrons. The number of para-hydroxylation sites is 1. The van der Waals surface area contributed by atoms with Crippen LogP contribution in [-0.4, -0.2) is 38.8 Å². The Bertz CT molecular complexity index is 1250. The first kappa shape index (κ1) is 20.1. The topological polar surface area (TPSA) is 105 Å². The Morgan fingerprint density at radius 3 is 2.60 bits per heavy atom. The fourth-order valence-corrected chi connectivity index (χ4v) is 4.40. The lowest BCUT2D eigenvalue weighted by molar-refractivity contribution is -0.117.